The van der Waals surface area contributed by atoms with Crippen molar-refractivity contribution in [2.24, 2.45) is 11.7 Å². The van der Waals surface area contributed by atoms with Gasteiger partial charge in [-0.1, -0.05) is 19.9 Å². The second-order valence-electron chi connectivity index (χ2n) is 6.33. The SMILES string of the molecule is COc1ccc(CN(CCC(C)C)C2CC2)cc1C(=N)N. The van der Waals surface area contributed by atoms with Crippen LogP contribution in [0.5, 0.6) is 5.75 Å². The molecule has 1 aliphatic carbocycles. The minimum absolute atomic E-state index is 0.0638. The lowest BCUT2D eigenvalue weighted by Gasteiger charge is -2.23. The zero-order valence-corrected chi connectivity index (χ0v) is 13.4. The van der Waals surface area contributed by atoms with Crippen LogP contribution < -0.4 is 10.5 Å². The van der Waals surface area contributed by atoms with Crippen molar-refractivity contribution in [3.05, 3.63) is 29.3 Å². The van der Waals surface area contributed by atoms with Crippen molar-refractivity contribution in [2.75, 3.05) is 13.7 Å². The molecule has 2 rings (SSSR count). The van der Waals surface area contributed by atoms with Gasteiger partial charge in [0, 0.05) is 12.6 Å². The van der Waals surface area contributed by atoms with Gasteiger partial charge in [0.2, 0.25) is 0 Å². The van der Waals surface area contributed by atoms with Crippen LogP contribution in [0.4, 0.5) is 0 Å². The molecule has 116 valence electrons. The number of methoxy groups -OCH3 is 1. The number of nitrogens with zero attached hydrogens (tertiary/aromatic N) is 1. The molecule has 21 heavy (non-hydrogen) atoms. The molecule has 0 aliphatic heterocycles. The van der Waals surface area contributed by atoms with E-state index in [1.54, 1.807) is 7.11 Å². The van der Waals surface area contributed by atoms with Gasteiger partial charge in [0.15, 0.2) is 0 Å². The number of ether oxygens (including phenoxy) is 1. The molecule has 0 atom stereocenters. The number of hydrogen-bond acceptors (Lipinski definition) is 3. The number of nitrogens with one attached hydrogen (secondary N) is 1. The number of rotatable bonds is 8. The lowest BCUT2D eigenvalue weighted by Crippen LogP contribution is -2.27. The first-order valence-corrected chi connectivity index (χ1v) is 7.76. The van der Waals surface area contributed by atoms with Gasteiger partial charge in [-0.2, -0.15) is 0 Å². The maximum absolute atomic E-state index is 7.68. The second-order valence-corrected chi connectivity index (χ2v) is 6.33. The predicted octanol–water partition coefficient (Wildman–Crippen LogP) is 2.99. The third-order valence-corrected chi connectivity index (χ3v) is 4.00. The van der Waals surface area contributed by atoms with Crippen LogP contribution in [0.1, 0.15) is 44.2 Å². The van der Waals surface area contributed by atoms with Gasteiger partial charge in [0.05, 0.1) is 12.7 Å². The first kappa shape index (κ1) is 15.8. The molecule has 0 unspecified atom stereocenters. The second kappa shape index (κ2) is 6.94. The average Bonchev–Trinajstić information content (AvgIpc) is 3.27. The molecule has 1 aliphatic rings. The smallest absolute Gasteiger partial charge is 0.129 e. The van der Waals surface area contributed by atoms with Gasteiger partial charge in [-0.25, -0.2) is 0 Å². The van der Waals surface area contributed by atoms with Crippen LogP contribution in [-0.4, -0.2) is 30.4 Å². The van der Waals surface area contributed by atoms with Crippen molar-refractivity contribution in [1.82, 2.24) is 4.90 Å². The maximum atomic E-state index is 7.68. The minimum atomic E-state index is 0.0638. The van der Waals surface area contributed by atoms with Crippen molar-refractivity contribution in [3.8, 4) is 5.75 Å². The average molecular weight is 289 g/mol. The van der Waals surface area contributed by atoms with Gasteiger partial charge in [-0.05, 0) is 49.4 Å². The molecule has 0 radical (unpaired) electrons. The van der Waals surface area contributed by atoms with E-state index in [-0.39, 0.29) is 5.84 Å². The summed E-state index contributed by atoms with van der Waals surface area (Å²) in [5.41, 5.74) is 7.54. The Morgan fingerprint density at radius 1 is 1.43 bits per heavy atom. The zero-order valence-electron chi connectivity index (χ0n) is 13.4. The Bertz CT molecular complexity index is 495. The van der Waals surface area contributed by atoms with Gasteiger partial charge in [0.1, 0.15) is 11.6 Å². The molecule has 1 aromatic rings. The topological polar surface area (TPSA) is 62.3 Å². The van der Waals surface area contributed by atoms with E-state index in [1.165, 1.54) is 24.8 Å². The summed E-state index contributed by atoms with van der Waals surface area (Å²) in [5, 5.41) is 7.68. The van der Waals surface area contributed by atoms with Gasteiger partial charge in [0.25, 0.3) is 0 Å². The van der Waals surface area contributed by atoms with E-state index in [0.29, 0.717) is 11.3 Å². The van der Waals surface area contributed by atoms with E-state index in [0.717, 1.165) is 25.0 Å². The molecule has 0 heterocycles. The molecule has 0 spiro atoms. The summed E-state index contributed by atoms with van der Waals surface area (Å²) < 4.78 is 5.27. The molecule has 4 heteroatoms. The highest BCUT2D eigenvalue weighted by atomic mass is 16.5. The Balaban J connectivity index is 2.09. The highest BCUT2D eigenvalue weighted by molar-refractivity contribution is 5.97. The van der Waals surface area contributed by atoms with E-state index in [4.69, 9.17) is 15.9 Å². The highest BCUT2D eigenvalue weighted by Gasteiger charge is 2.28. The van der Waals surface area contributed by atoms with Crippen LogP contribution in [0.2, 0.25) is 0 Å². The van der Waals surface area contributed by atoms with Crippen LogP contribution in [0.3, 0.4) is 0 Å². The van der Waals surface area contributed by atoms with Crippen molar-refractivity contribution in [2.45, 2.75) is 45.7 Å². The first-order valence-electron chi connectivity index (χ1n) is 7.76. The summed E-state index contributed by atoms with van der Waals surface area (Å²) >= 11 is 0. The fraction of sp³-hybridized carbons (Fsp3) is 0.588. The van der Waals surface area contributed by atoms with E-state index in [2.05, 4.69) is 24.8 Å². The number of benzene rings is 1. The van der Waals surface area contributed by atoms with Gasteiger partial charge < -0.3 is 10.5 Å². The molecule has 1 saturated carbocycles. The molecule has 0 bridgehead atoms. The van der Waals surface area contributed by atoms with Crippen LogP contribution in [-0.2, 0) is 6.54 Å². The van der Waals surface area contributed by atoms with Crippen molar-refractivity contribution in [1.29, 1.82) is 5.41 Å². The molecule has 3 N–H and O–H groups in total. The number of hydrogen-bond donors (Lipinski definition) is 2. The largest absolute Gasteiger partial charge is 0.496 e. The lowest BCUT2D eigenvalue weighted by molar-refractivity contribution is 0.239. The van der Waals surface area contributed by atoms with Gasteiger partial charge in [-0.3, -0.25) is 10.3 Å². The Morgan fingerprint density at radius 3 is 2.67 bits per heavy atom. The Hall–Kier alpha value is -1.55. The zero-order chi connectivity index (χ0) is 15.4. The molecule has 0 saturated heterocycles. The summed E-state index contributed by atoms with van der Waals surface area (Å²) in [4.78, 5) is 2.56. The summed E-state index contributed by atoms with van der Waals surface area (Å²) in [6, 6.07) is 6.73. The monoisotopic (exact) mass is 289 g/mol. The van der Waals surface area contributed by atoms with Crippen LogP contribution in [0.25, 0.3) is 0 Å². The normalized spacial score (nSPS) is 14.7. The number of nitrogens with two attached hydrogens (primary N) is 1. The fourth-order valence-corrected chi connectivity index (χ4v) is 2.55. The highest BCUT2D eigenvalue weighted by Crippen LogP contribution is 2.29. The van der Waals surface area contributed by atoms with Crippen molar-refractivity contribution >= 4 is 5.84 Å². The molecular formula is C17H27N3O. The first-order chi connectivity index (χ1) is 10.0. The van der Waals surface area contributed by atoms with E-state index in [1.807, 2.05) is 12.1 Å². The third-order valence-electron chi connectivity index (χ3n) is 4.00. The summed E-state index contributed by atoms with van der Waals surface area (Å²) in [6.07, 6.45) is 3.86. The van der Waals surface area contributed by atoms with E-state index in [9.17, 15) is 0 Å². The Morgan fingerprint density at radius 2 is 2.14 bits per heavy atom. The van der Waals surface area contributed by atoms with E-state index < -0.39 is 0 Å². The van der Waals surface area contributed by atoms with Gasteiger partial charge >= 0.3 is 0 Å². The van der Waals surface area contributed by atoms with Crippen LogP contribution in [0, 0.1) is 11.3 Å². The quantitative estimate of drug-likeness (QED) is 0.571. The molecule has 0 aromatic heterocycles. The molecular weight excluding hydrogens is 262 g/mol. The van der Waals surface area contributed by atoms with Crippen molar-refractivity contribution in [3.63, 3.8) is 0 Å². The summed E-state index contributed by atoms with van der Waals surface area (Å²) in [6.45, 7) is 6.62. The summed E-state index contributed by atoms with van der Waals surface area (Å²) in [7, 11) is 1.61. The van der Waals surface area contributed by atoms with Crippen LogP contribution >= 0.6 is 0 Å². The van der Waals surface area contributed by atoms with E-state index >= 15 is 0 Å². The standard InChI is InChI=1S/C17H27N3O/c1-12(2)8-9-20(14-5-6-14)11-13-4-7-16(21-3)15(10-13)17(18)19/h4,7,10,12,14H,5-6,8-9,11H2,1-3H3,(H3,18,19). The Kier molecular flexibility index (Phi) is 5.23. The fourth-order valence-electron chi connectivity index (χ4n) is 2.55. The number of nitrogen functional groups attached to an aromatic ring is 1. The molecule has 1 aromatic carbocycles. The van der Waals surface area contributed by atoms with Crippen LogP contribution in [0.15, 0.2) is 18.2 Å². The number of amidine groups is 1. The van der Waals surface area contributed by atoms with Crippen molar-refractivity contribution < 1.29 is 4.74 Å². The lowest BCUT2D eigenvalue weighted by atomic mass is 10.1. The third kappa shape index (κ3) is 4.46. The molecule has 0 amide bonds. The molecule has 4 nitrogen and oxygen atoms in total. The molecule has 1 fully saturated rings. The predicted molar refractivity (Wildman–Crippen MR) is 86.9 cm³/mol. The van der Waals surface area contributed by atoms with Gasteiger partial charge in [-0.15, -0.1) is 0 Å². The minimum Gasteiger partial charge on any atom is -0.496 e. The maximum Gasteiger partial charge on any atom is 0.129 e. The summed E-state index contributed by atoms with van der Waals surface area (Å²) in [5.74, 6) is 1.47. The Labute approximate surface area is 127 Å².